The van der Waals surface area contributed by atoms with Crippen LogP contribution in [0.25, 0.3) is 11.5 Å². The summed E-state index contributed by atoms with van der Waals surface area (Å²) < 4.78 is 37.2. The lowest BCUT2D eigenvalue weighted by atomic mass is 10.1. The van der Waals surface area contributed by atoms with E-state index in [-0.39, 0.29) is 18.4 Å². The van der Waals surface area contributed by atoms with E-state index >= 15 is 0 Å². The second kappa shape index (κ2) is 7.20. The van der Waals surface area contributed by atoms with E-state index in [0.29, 0.717) is 18.3 Å². The number of nitrogens with one attached hydrogen (secondary N) is 1. The van der Waals surface area contributed by atoms with Gasteiger partial charge < -0.3 is 9.26 Å². The van der Waals surface area contributed by atoms with Crippen molar-refractivity contribution in [2.45, 2.75) is 31.9 Å². The summed E-state index contributed by atoms with van der Waals surface area (Å²) in [6, 6.07) is 9.32. The van der Waals surface area contributed by atoms with Crippen molar-refractivity contribution in [1.82, 2.24) is 14.9 Å². The van der Waals surface area contributed by atoms with Crippen molar-refractivity contribution < 1.29 is 17.7 Å². The highest BCUT2D eigenvalue weighted by atomic mass is 32.2. The smallest absolute Gasteiger partial charge is 0.257 e. The monoisotopic (exact) mass is 337 g/mol. The molecule has 3 rings (SSSR count). The number of benzene rings is 1. The number of rotatable bonds is 6. The lowest BCUT2D eigenvalue weighted by Crippen LogP contribution is -2.35. The van der Waals surface area contributed by atoms with Crippen LogP contribution in [0.4, 0.5) is 0 Å². The molecule has 23 heavy (non-hydrogen) atoms. The molecule has 2 aromatic rings. The molecule has 1 fully saturated rings. The zero-order valence-corrected chi connectivity index (χ0v) is 13.5. The molecule has 8 heteroatoms. The number of ether oxygens (including phenoxy) is 1. The second-order valence-corrected chi connectivity index (χ2v) is 7.32. The number of hydrogen-bond acceptors (Lipinski definition) is 6. The first kappa shape index (κ1) is 16.1. The van der Waals surface area contributed by atoms with Gasteiger partial charge in [0.2, 0.25) is 10.0 Å². The van der Waals surface area contributed by atoms with E-state index in [9.17, 15) is 8.42 Å². The topological polar surface area (TPSA) is 94.3 Å². The largest absolute Gasteiger partial charge is 0.377 e. The van der Waals surface area contributed by atoms with Gasteiger partial charge in [-0.1, -0.05) is 23.4 Å². The van der Waals surface area contributed by atoms with Crippen LogP contribution in [0, 0.1) is 0 Å². The third-order valence-corrected chi connectivity index (χ3v) is 5.01. The molecule has 1 saturated heterocycles. The van der Waals surface area contributed by atoms with Crippen LogP contribution in [0.15, 0.2) is 34.9 Å². The molecule has 0 radical (unpaired) electrons. The van der Waals surface area contributed by atoms with Crippen LogP contribution in [0.3, 0.4) is 0 Å². The zero-order chi connectivity index (χ0) is 16.1. The van der Waals surface area contributed by atoms with E-state index in [1.165, 1.54) is 0 Å². The van der Waals surface area contributed by atoms with Crippen LogP contribution in [0.2, 0.25) is 0 Å². The number of sulfonamides is 1. The summed E-state index contributed by atoms with van der Waals surface area (Å²) in [5, 5.41) is 3.80. The Morgan fingerprint density at radius 3 is 2.78 bits per heavy atom. The highest BCUT2D eigenvalue weighted by Crippen LogP contribution is 2.16. The van der Waals surface area contributed by atoms with Gasteiger partial charge in [-0.3, -0.25) is 0 Å². The van der Waals surface area contributed by atoms with Crippen LogP contribution in [0.5, 0.6) is 0 Å². The van der Waals surface area contributed by atoms with Crippen LogP contribution in [-0.2, 0) is 21.3 Å². The molecule has 1 atom stereocenters. The van der Waals surface area contributed by atoms with Gasteiger partial charge in [0, 0.05) is 12.2 Å². The molecule has 0 aliphatic carbocycles. The summed E-state index contributed by atoms with van der Waals surface area (Å²) in [5.74, 6) is 0.642. The molecule has 0 amide bonds. The molecule has 1 aliphatic heterocycles. The van der Waals surface area contributed by atoms with Crippen molar-refractivity contribution in [3.63, 3.8) is 0 Å². The van der Waals surface area contributed by atoms with E-state index in [4.69, 9.17) is 9.26 Å². The fourth-order valence-corrected chi connectivity index (χ4v) is 3.66. The lowest BCUT2D eigenvalue weighted by Gasteiger charge is -2.22. The number of hydrogen-bond donors (Lipinski definition) is 1. The predicted octanol–water partition coefficient (Wildman–Crippen LogP) is 1.73. The van der Waals surface area contributed by atoms with Crippen LogP contribution in [0.1, 0.15) is 25.1 Å². The van der Waals surface area contributed by atoms with Crippen LogP contribution < -0.4 is 4.72 Å². The van der Waals surface area contributed by atoms with Crippen molar-refractivity contribution in [2.24, 2.45) is 0 Å². The first-order valence-electron chi connectivity index (χ1n) is 7.59. The van der Waals surface area contributed by atoms with Crippen molar-refractivity contribution >= 4 is 10.0 Å². The minimum Gasteiger partial charge on any atom is -0.377 e. The number of nitrogens with zero attached hydrogens (tertiary/aromatic N) is 2. The van der Waals surface area contributed by atoms with Crippen molar-refractivity contribution in [1.29, 1.82) is 0 Å². The summed E-state index contributed by atoms with van der Waals surface area (Å²) in [6.45, 7) is 0.636. The summed E-state index contributed by atoms with van der Waals surface area (Å²) in [6.07, 6.45) is 2.55. The Labute approximate surface area is 135 Å². The van der Waals surface area contributed by atoms with Gasteiger partial charge in [0.25, 0.3) is 5.89 Å². The maximum Gasteiger partial charge on any atom is 0.257 e. The molecule has 1 aromatic heterocycles. The molecule has 0 saturated carbocycles. The Bertz CT molecular complexity index is 724. The average molecular weight is 337 g/mol. The fourth-order valence-electron chi connectivity index (χ4n) is 2.44. The highest BCUT2D eigenvalue weighted by Gasteiger charge is 2.22. The van der Waals surface area contributed by atoms with Gasteiger partial charge in [-0.15, -0.1) is 0 Å². The Morgan fingerprint density at radius 2 is 2.04 bits per heavy atom. The minimum absolute atomic E-state index is 0.00534. The molecule has 0 spiro atoms. The predicted molar refractivity (Wildman–Crippen MR) is 84.0 cm³/mol. The lowest BCUT2D eigenvalue weighted by molar-refractivity contribution is 0.0304. The van der Waals surface area contributed by atoms with Crippen molar-refractivity contribution in [3.05, 3.63) is 36.2 Å². The summed E-state index contributed by atoms with van der Waals surface area (Å²) in [4.78, 5) is 4.19. The van der Waals surface area contributed by atoms with E-state index in [1.807, 2.05) is 30.3 Å². The summed E-state index contributed by atoms with van der Waals surface area (Å²) >= 11 is 0. The van der Waals surface area contributed by atoms with Gasteiger partial charge in [0.1, 0.15) is 0 Å². The van der Waals surface area contributed by atoms with E-state index in [0.717, 1.165) is 24.8 Å². The molecule has 1 aromatic carbocycles. The molecule has 0 unspecified atom stereocenters. The molecule has 0 bridgehead atoms. The average Bonchev–Trinajstić information content (AvgIpc) is 3.04. The quantitative estimate of drug-likeness (QED) is 0.862. The molecule has 2 heterocycles. The Hall–Kier alpha value is -1.77. The number of aromatic nitrogens is 2. The SMILES string of the molecule is O=S(=O)(C[C@@H]1CCCCO1)NCc1noc(-c2ccccc2)n1. The Balaban J connectivity index is 1.56. The van der Waals surface area contributed by atoms with E-state index < -0.39 is 10.0 Å². The van der Waals surface area contributed by atoms with Gasteiger partial charge in [-0.05, 0) is 31.4 Å². The molecule has 124 valence electrons. The highest BCUT2D eigenvalue weighted by molar-refractivity contribution is 7.89. The van der Waals surface area contributed by atoms with E-state index in [1.54, 1.807) is 0 Å². The maximum absolute atomic E-state index is 12.1. The standard InChI is InChI=1S/C15H19N3O4S/c19-23(20,11-13-8-4-5-9-21-13)16-10-14-17-15(22-18-14)12-6-2-1-3-7-12/h1-3,6-7,13,16H,4-5,8-11H2/t13-/m0/s1. The molecule has 1 aliphatic rings. The van der Waals surface area contributed by atoms with Crippen molar-refractivity contribution in [2.75, 3.05) is 12.4 Å². The Morgan fingerprint density at radius 1 is 1.22 bits per heavy atom. The third kappa shape index (κ3) is 4.60. The first-order chi connectivity index (χ1) is 11.1. The summed E-state index contributed by atoms with van der Waals surface area (Å²) in [7, 11) is -3.43. The van der Waals surface area contributed by atoms with Crippen LogP contribution >= 0.6 is 0 Å². The van der Waals surface area contributed by atoms with E-state index in [2.05, 4.69) is 14.9 Å². The van der Waals surface area contributed by atoms with Gasteiger partial charge in [0.05, 0.1) is 18.4 Å². The first-order valence-corrected chi connectivity index (χ1v) is 9.24. The van der Waals surface area contributed by atoms with Gasteiger partial charge >= 0.3 is 0 Å². The van der Waals surface area contributed by atoms with Gasteiger partial charge in [-0.25, -0.2) is 13.1 Å². The maximum atomic E-state index is 12.1. The normalized spacial score (nSPS) is 18.9. The van der Waals surface area contributed by atoms with Crippen molar-refractivity contribution in [3.8, 4) is 11.5 Å². The summed E-state index contributed by atoms with van der Waals surface area (Å²) in [5.41, 5.74) is 0.796. The minimum atomic E-state index is -3.43. The molecule has 7 nitrogen and oxygen atoms in total. The Kier molecular flexibility index (Phi) is 5.04. The molecule has 1 N–H and O–H groups in total. The van der Waals surface area contributed by atoms with Crippen LogP contribution in [-0.4, -0.2) is 37.0 Å². The van der Waals surface area contributed by atoms with Gasteiger partial charge in [-0.2, -0.15) is 4.98 Å². The molecular formula is C15H19N3O4S. The molecular weight excluding hydrogens is 318 g/mol. The zero-order valence-electron chi connectivity index (χ0n) is 12.6. The fraction of sp³-hybridized carbons (Fsp3) is 0.467. The third-order valence-electron chi connectivity index (χ3n) is 3.62. The second-order valence-electron chi connectivity index (χ2n) is 5.47. The van der Waals surface area contributed by atoms with Gasteiger partial charge in [0.15, 0.2) is 5.82 Å².